The minimum absolute atomic E-state index is 0.142. The molecule has 2 aromatic heterocycles. The van der Waals surface area contributed by atoms with Gasteiger partial charge in [0.25, 0.3) is 0 Å². The lowest BCUT2D eigenvalue weighted by Gasteiger charge is -2.39. The third-order valence-electron chi connectivity index (χ3n) is 5.29. The van der Waals surface area contributed by atoms with Crippen LogP contribution in [0, 0.1) is 0 Å². The average Bonchev–Trinajstić information content (AvgIpc) is 3.05. The van der Waals surface area contributed by atoms with Crippen molar-refractivity contribution in [3.63, 3.8) is 0 Å². The fraction of sp³-hybridized carbons (Fsp3) is 0.579. The molecule has 2 saturated heterocycles. The lowest BCUT2D eigenvalue weighted by atomic mass is 9.85. The first-order chi connectivity index (χ1) is 11.4. The minimum Gasteiger partial charge on any atom is -0.444 e. The fourth-order valence-corrected chi connectivity index (χ4v) is 4.38. The van der Waals surface area contributed by atoms with E-state index in [0.717, 1.165) is 31.2 Å². The second-order valence-electron chi connectivity index (χ2n) is 8.11. The number of aromatic amines is 1. The molecule has 2 fully saturated rings. The number of carbonyl (C=O) groups excluding carboxylic acids is 1. The van der Waals surface area contributed by atoms with Crippen LogP contribution < -0.4 is 0 Å². The smallest absolute Gasteiger partial charge is 0.410 e. The summed E-state index contributed by atoms with van der Waals surface area (Å²) in [5.41, 5.74) is 2.03. The van der Waals surface area contributed by atoms with Gasteiger partial charge in [0.15, 0.2) is 0 Å². The summed E-state index contributed by atoms with van der Waals surface area (Å²) in [6.07, 6.45) is 9.93. The highest BCUT2D eigenvalue weighted by Crippen LogP contribution is 2.45. The molecule has 2 aliphatic heterocycles. The Kier molecular flexibility index (Phi) is 3.55. The predicted octanol–water partition coefficient (Wildman–Crippen LogP) is 4.21. The molecular formula is C19H25N3O2. The summed E-state index contributed by atoms with van der Waals surface area (Å²) >= 11 is 0. The molecule has 5 nitrogen and oxygen atoms in total. The zero-order valence-corrected chi connectivity index (χ0v) is 14.6. The SMILES string of the molecule is CC(C)(C)OC(=O)N1[C@@H]2CC[C@H]1CC(c1c[nH]c3cnccc13)C2. The molecule has 4 rings (SSSR count). The average molecular weight is 327 g/mol. The summed E-state index contributed by atoms with van der Waals surface area (Å²) in [7, 11) is 0. The van der Waals surface area contributed by atoms with Gasteiger partial charge in [-0.15, -0.1) is 0 Å². The van der Waals surface area contributed by atoms with Gasteiger partial charge in [0.1, 0.15) is 5.60 Å². The lowest BCUT2D eigenvalue weighted by molar-refractivity contribution is 0.00590. The van der Waals surface area contributed by atoms with E-state index in [-0.39, 0.29) is 6.09 Å². The molecule has 5 heteroatoms. The van der Waals surface area contributed by atoms with Crippen molar-refractivity contribution in [2.45, 2.75) is 70.1 Å². The molecule has 2 aliphatic rings. The van der Waals surface area contributed by atoms with Crippen molar-refractivity contribution >= 4 is 17.0 Å². The van der Waals surface area contributed by atoms with Gasteiger partial charge in [0, 0.05) is 29.9 Å². The number of ether oxygens (including phenoxy) is 1. The molecule has 1 amide bonds. The summed E-state index contributed by atoms with van der Waals surface area (Å²) in [4.78, 5) is 22.1. The van der Waals surface area contributed by atoms with E-state index in [0.29, 0.717) is 18.0 Å². The summed E-state index contributed by atoms with van der Waals surface area (Å²) in [5, 5.41) is 1.26. The quantitative estimate of drug-likeness (QED) is 0.853. The lowest BCUT2D eigenvalue weighted by Crippen LogP contribution is -2.48. The Morgan fingerprint density at radius 3 is 2.67 bits per heavy atom. The molecule has 1 N–H and O–H groups in total. The second kappa shape index (κ2) is 5.50. The maximum atomic E-state index is 12.6. The number of fused-ring (bicyclic) bond motifs is 3. The number of H-pyrrole nitrogens is 1. The number of carbonyl (C=O) groups is 1. The predicted molar refractivity (Wildman–Crippen MR) is 93.0 cm³/mol. The van der Waals surface area contributed by atoms with Gasteiger partial charge in [-0.1, -0.05) is 0 Å². The molecule has 1 unspecified atom stereocenters. The monoisotopic (exact) mass is 327 g/mol. The molecule has 2 bridgehead atoms. The number of hydrogen-bond donors (Lipinski definition) is 1. The minimum atomic E-state index is -0.433. The van der Waals surface area contributed by atoms with E-state index in [4.69, 9.17) is 4.74 Å². The number of nitrogens with one attached hydrogen (secondary N) is 1. The van der Waals surface area contributed by atoms with Crippen LogP contribution in [-0.2, 0) is 4.74 Å². The molecule has 3 atom stereocenters. The first-order valence-corrected chi connectivity index (χ1v) is 8.84. The van der Waals surface area contributed by atoms with Gasteiger partial charge in [-0.2, -0.15) is 0 Å². The Bertz CT molecular complexity index is 747. The third kappa shape index (κ3) is 2.66. The van der Waals surface area contributed by atoms with E-state index >= 15 is 0 Å². The summed E-state index contributed by atoms with van der Waals surface area (Å²) in [5.74, 6) is 0.498. The van der Waals surface area contributed by atoms with Crippen LogP contribution >= 0.6 is 0 Å². The van der Waals surface area contributed by atoms with Gasteiger partial charge < -0.3 is 14.6 Å². The van der Waals surface area contributed by atoms with E-state index in [9.17, 15) is 4.79 Å². The maximum Gasteiger partial charge on any atom is 0.410 e. The van der Waals surface area contributed by atoms with Crippen molar-refractivity contribution < 1.29 is 9.53 Å². The van der Waals surface area contributed by atoms with E-state index < -0.39 is 5.60 Å². The molecule has 0 spiro atoms. The van der Waals surface area contributed by atoms with Crippen molar-refractivity contribution in [3.8, 4) is 0 Å². The highest BCUT2D eigenvalue weighted by molar-refractivity contribution is 5.82. The molecule has 2 aromatic rings. The Labute approximate surface area is 142 Å². The topological polar surface area (TPSA) is 58.2 Å². The highest BCUT2D eigenvalue weighted by atomic mass is 16.6. The van der Waals surface area contributed by atoms with Crippen LogP contribution in [0.15, 0.2) is 24.7 Å². The van der Waals surface area contributed by atoms with Gasteiger partial charge in [0.05, 0.1) is 11.7 Å². The Hall–Kier alpha value is -2.04. The first-order valence-electron chi connectivity index (χ1n) is 8.84. The molecule has 4 heterocycles. The molecule has 0 saturated carbocycles. The summed E-state index contributed by atoms with van der Waals surface area (Å²) < 4.78 is 5.63. The Balaban J connectivity index is 1.55. The maximum absolute atomic E-state index is 12.6. The number of nitrogens with zero attached hydrogens (tertiary/aromatic N) is 2. The van der Waals surface area contributed by atoms with Crippen LogP contribution in [0.3, 0.4) is 0 Å². The van der Waals surface area contributed by atoms with E-state index in [2.05, 4.69) is 22.2 Å². The molecule has 0 radical (unpaired) electrons. The zero-order chi connectivity index (χ0) is 16.9. The standard InChI is InChI=1S/C19H25N3O2/c1-19(2,3)24-18(23)22-13-4-5-14(22)9-12(8-13)16-10-21-17-11-20-7-6-15(16)17/h6-7,10-14,21H,4-5,8-9H2,1-3H3/t12?,13-,14+. The third-order valence-corrected chi connectivity index (χ3v) is 5.29. The zero-order valence-electron chi connectivity index (χ0n) is 14.6. The number of aromatic nitrogens is 2. The molecule has 0 aliphatic carbocycles. The van der Waals surface area contributed by atoms with Crippen molar-refractivity contribution in [2.24, 2.45) is 0 Å². The van der Waals surface area contributed by atoms with Gasteiger partial charge in [-0.05, 0) is 64.0 Å². The highest BCUT2D eigenvalue weighted by Gasteiger charge is 2.45. The van der Waals surface area contributed by atoms with Crippen LogP contribution in [0.5, 0.6) is 0 Å². The first kappa shape index (κ1) is 15.5. The van der Waals surface area contributed by atoms with Crippen molar-refractivity contribution in [3.05, 3.63) is 30.2 Å². The Morgan fingerprint density at radius 2 is 2.00 bits per heavy atom. The molecule has 0 aromatic carbocycles. The largest absolute Gasteiger partial charge is 0.444 e. The fourth-order valence-electron chi connectivity index (χ4n) is 4.38. The summed E-state index contributed by atoms with van der Waals surface area (Å²) in [6, 6.07) is 2.69. The second-order valence-corrected chi connectivity index (χ2v) is 8.11. The number of rotatable bonds is 1. The number of hydrogen-bond acceptors (Lipinski definition) is 3. The van der Waals surface area contributed by atoms with Crippen molar-refractivity contribution in [1.82, 2.24) is 14.9 Å². The van der Waals surface area contributed by atoms with Crippen LogP contribution in [0.1, 0.15) is 57.9 Å². The van der Waals surface area contributed by atoms with Gasteiger partial charge in [-0.3, -0.25) is 4.98 Å². The van der Waals surface area contributed by atoms with Gasteiger partial charge in [0.2, 0.25) is 0 Å². The van der Waals surface area contributed by atoms with E-state index in [1.807, 2.05) is 38.1 Å². The van der Waals surface area contributed by atoms with Crippen LogP contribution in [-0.4, -0.2) is 38.6 Å². The summed E-state index contributed by atoms with van der Waals surface area (Å²) in [6.45, 7) is 5.79. The van der Waals surface area contributed by atoms with Gasteiger partial charge >= 0.3 is 6.09 Å². The van der Waals surface area contributed by atoms with Crippen LogP contribution in [0.2, 0.25) is 0 Å². The van der Waals surface area contributed by atoms with E-state index in [1.165, 1.54) is 10.9 Å². The molecule has 24 heavy (non-hydrogen) atoms. The van der Waals surface area contributed by atoms with Crippen LogP contribution in [0.25, 0.3) is 10.9 Å². The van der Waals surface area contributed by atoms with Gasteiger partial charge in [-0.25, -0.2) is 4.79 Å². The van der Waals surface area contributed by atoms with Crippen molar-refractivity contribution in [1.29, 1.82) is 0 Å². The Morgan fingerprint density at radius 1 is 1.29 bits per heavy atom. The molecule has 128 valence electrons. The van der Waals surface area contributed by atoms with Crippen molar-refractivity contribution in [2.75, 3.05) is 0 Å². The number of pyridine rings is 1. The number of amides is 1. The molecular weight excluding hydrogens is 302 g/mol. The van der Waals surface area contributed by atoms with Crippen LogP contribution in [0.4, 0.5) is 4.79 Å². The van der Waals surface area contributed by atoms with E-state index in [1.54, 1.807) is 0 Å². The normalized spacial score (nSPS) is 26.8. The number of piperidine rings is 1.